The number of methoxy groups -OCH3 is 2. The molecule has 0 bridgehead atoms. The van der Waals surface area contributed by atoms with Crippen molar-refractivity contribution in [2.75, 3.05) is 33.3 Å². The summed E-state index contributed by atoms with van der Waals surface area (Å²) in [5, 5.41) is 0.475. The van der Waals surface area contributed by atoms with Gasteiger partial charge >= 0.3 is 0 Å². The van der Waals surface area contributed by atoms with Gasteiger partial charge in [-0.1, -0.05) is 18.2 Å². The molecule has 0 spiro atoms. The number of hydrogen-bond acceptors (Lipinski definition) is 4. The Balaban J connectivity index is 2.56. The van der Waals surface area contributed by atoms with Gasteiger partial charge in [-0.2, -0.15) is 11.8 Å². The molecule has 0 amide bonds. The molecule has 1 aliphatic carbocycles. The Bertz CT molecular complexity index is 310. The number of hydrogen-bond donors (Lipinski definition) is 1. The molecule has 0 aromatic heterocycles. The van der Waals surface area contributed by atoms with E-state index in [1.54, 1.807) is 14.2 Å². The molecule has 0 fully saturated rings. The van der Waals surface area contributed by atoms with Crippen molar-refractivity contribution < 1.29 is 13.9 Å². The van der Waals surface area contributed by atoms with E-state index in [2.05, 4.69) is 12.2 Å². The molecule has 0 heterocycles. The normalized spacial score (nSPS) is 22.7. The highest BCUT2D eigenvalue weighted by atomic mass is 32.2. The zero-order valence-electron chi connectivity index (χ0n) is 11.7. The van der Waals surface area contributed by atoms with Crippen molar-refractivity contribution in [3.8, 4) is 0 Å². The van der Waals surface area contributed by atoms with Crippen LogP contribution in [0.1, 0.15) is 12.8 Å². The van der Waals surface area contributed by atoms with Gasteiger partial charge in [-0.25, -0.2) is 4.39 Å². The maximum Gasteiger partial charge on any atom is 0.107 e. The van der Waals surface area contributed by atoms with Crippen LogP contribution in [0.2, 0.25) is 0 Å². The minimum atomic E-state index is -0.599. The summed E-state index contributed by atoms with van der Waals surface area (Å²) in [4.78, 5) is 0. The third-order valence-electron chi connectivity index (χ3n) is 3.10. The molecule has 110 valence electrons. The summed E-state index contributed by atoms with van der Waals surface area (Å²) in [6, 6.07) is -0.599. The summed E-state index contributed by atoms with van der Waals surface area (Å²) >= 11 is 1.88. The molecular weight excluding hydrogens is 265 g/mol. The van der Waals surface area contributed by atoms with E-state index < -0.39 is 12.7 Å². The first-order chi connectivity index (χ1) is 9.22. The SMILES string of the molecule is COCCSC1C=CC(C(OC)C(N)CF)=CCC1. The third kappa shape index (κ3) is 5.65. The smallest absolute Gasteiger partial charge is 0.107 e. The third-order valence-corrected chi connectivity index (χ3v) is 4.33. The zero-order chi connectivity index (χ0) is 14.1. The van der Waals surface area contributed by atoms with Gasteiger partial charge in [0.05, 0.1) is 18.8 Å². The second-order valence-corrected chi connectivity index (χ2v) is 5.86. The summed E-state index contributed by atoms with van der Waals surface area (Å²) in [5.74, 6) is 0.985. The van der Waals surface area contributed by atoms with E-state index in [1.807, 2.05) is 17.8 Å². The van der Waals surface area contributed by atoms with Gasteiger partial charge in [0, 0.05) is 25.2 Å². The van der Waals surface area contributed by atoms with Crippen LogP contribution in [0.15, 0.2) is 23.8 Å². The van der Waals surface area contributed by atoms with Crippen LogP contribution in [0.3, 0.4) is 0 Å². The van der Waals surface area contributed by atoms with Crippen molar-refractivity contribution >= 4 is 11.8 Å². The van der Waals surface area contributed by atoms with Gasteiger partial charge in [-0.3, -0.25) is 0 Å². The van der Waals surface area contributed by atoms with Gasteiger partial charge in [0.2, 0.25) is 0 Å². The van der Waals surface area contributed by atoms with E-state index in [0.717, 1.165) is 30.8 Å². The van der Waals surface area contributed by atoms with Crippen molar-refractivity contribution in [3.05, 3.63) is 23.8 Å². The Hall–Kier alpha value is -0.360. The van der Waals surface area contributed by atoms with Gasteiger partial charge in [-0.05, 0) is 18.4 Å². The van der Waals surface area contributed by atoms with Crippen molar-refractivity contribution in [3.63, 3.8) is 0 Å². The average Bonchev–Trinajstić information content (AvgIpc) is 2.66. The molecule has 3 atom stereocenters. The molecule has 0 aromatic carbocycles. The first-order valence-electron chi connectivity index (χ1n) is 6.56. The maximum absolute atomic E-state index is 12.7. The molecule has 19 heavy (non-hydrogen) atoms. The number of alkyl halides is 1. The highest BCUT2D eigenvalue weighted by Crippen LogP contribution is 2.24. The monoisotopic (exact) mass is 289 g/mol. The van der Waals surface area contributed by atoms with Crippen LogP contribution in [0.5, 0.6) is 0 Å². The lowest BCUT2D eigenvalue weighted by Gasteiger charge is -2.21. The first-order valence-corrected chi connectivity index (χ1v) is 7.61. The fourth-order valence-electron chi connectivity index (χ4n) is 2.07. The van der Waals surface area contributed by atoms with E-state index in [0.29, 0.717) is 5.25 Å². The molecule has 0 saturated heterocycles. The Morgan fingerprint density at radius 3 is 2.95 bits per heavy atom. The largest absolute Gasteiger partial charge is 0.384 e. The van der Waals surface area contributed by atoms with Crippen LogP contribution in [0.4, 0.5) is 4.39 Å². The number of thioether (sulfide) groups is 1. The van der Waals surface area contributed by atoms with E-state index in [1.165, 1.54) is 0 Å². The van der Waals surface area contributed by atoms with Gasteiger partial charge < -0.3 is 15.2 Å². The van der Waals surface area contributed by atoms with Crippen molar-refractivity contribution in [1.29, 1.82) is 0 Å². The quantitative estimate of drug-likeness (QED) is 0.697. The van der Waals surface area contributed by atoms with Crippen molar-refractivity contribution in [2.45, 2.75) is 30.2 Å². The van der Waals surface area contributed by atoms with Crippen LogP contribution in [0.25, 0.3) is 0 Å². The summed E-state index contributed by atoms with van der Waals surface area (Å²) in [6.45, 7) is 0.193. The lowest BCUT2D eigenvalue weighted by molar-refractivity contribution is 0.102. The summed E-state index contributed by atoms with van der Waals surface area (Å²) in [6.07, 6.45) is 7.99. The molecule has 0 radical (unpaired) electrons. The number of ether oxygens (including phenoxy) is 2. The summed E-state index contributed by atoms with van der Waals surface area (Å²) in [7, 11) is 3.29. The molecule has 1 aliphatic rings. The van der Waals surface area contributed by atoms with Crippen LogP contribution in [-0.2, 0) is 9.47 Å². The Morgan fingerprint density at radius 1 is 1.53 bits per heavy atom. The Labute approximate surface area is 119 Å². The summed E-state index contributed by atoms with van der Waals surface area (Å²) < 4.78 is 23.1. The van der Waals surface area contributed by atoms with E-state index >= 15 is 0 Å². The standard InChI is InChI=1S/C14H24FNO2S/c1-17-8-9-19-12-5-3-4-11(6-7-12)14(18-2)13(16)10-15/h4,6-7,12-14H,3,5,8-10,16H2,1-2H3. The molecule has 3 nitrogen and oxygen atoms in total. The lowest BCUT2D eigenvalue weighted by Crippen LogP contribution is -2.38. The predicted molar refractivity (Wildman–Crippen MR) is 79.3 cm³/mol. The second-order valence-electron chi connectivity index (χ2n) is 4.52. The predicted octanol–water partition coefficient (Wildman–Crippen LogP) is 2.32. The van der Waals surface area contributed by atoms with Gasteiger partial charge in [-0.15, -0.1) is 0 Å². The number of halogens is 1. The number of allylic oxidation sites excluding steroid dienone is 1. The van der Waals surface area contributed by atoms with E-state index in [9.17, 15) is 4.39 Å². The van der Waals surface area contributed by atoms with Gasteiger partial charge in [0.25, 0.3) is 0 Å². The summed E-state index contributed by atoms with van der Waals surface area (Å²) in [5.41, 5.74) is 6.73. The fraction of sp³-hybridized carbons (Fsp3) is 0.714. The first kappa shape index (κ1) is 16.7. The van der Waals surface area contributed by atoms with Crippen LogP contribution in [-0.4, -0.2) is 50.6 Å². The fourth-order valence-corrected chi connectivity index (χ4v) is 3.13. The van der Waals surface area contributed by atoms with E-state index in [-0.39, 0.29) is 6.10 Å². The number of nitrogens with two attached hydrogens (primary N) is 1. The second kappa shape index (κ2) is 9.53. The van der Waals surface area contributed by atoms with Crippen LogP contribution >= 0.6 is 11.8 Å². The molecule has 5 heteroatoms. The van der Waals surface area contributed by atoms with Crippen LogP contribution < -0.4 is 5.73 Å². The van der Waals surface area contributed by atoms with Crippen molar-refractivity contribution in [1.82, 2.24) is 0 Å². The lowest BCUT2D eigenvalue weighted by atomic mass is 10.0. The molecule has 0 saturated carbocycles. The molecule has 0 aromatic rings. The maximum atomic E-state index is 12.7. The Kier molecular flexibility index (Phi) is 8.37. The molecule has 0 aliphatic heterocycles. The van der Waals surface area contributed by atoms with E-state index in [4.69, 9.17) is 15.2 Å². The molecule has 1 rings (SSSR count). The van der Waals surface area contributed by atoms with Gasteiger partial charge in [0.15, 0.2) is 0 Å². The number of rotatable bonds is 8. The van der Waals surface area contributed by atoms with Crippen molar-refractivity contribution in [2.24, 2.45) is 5.73 Å². The molecule has 2 N–H and O–H groups in total. The van der Waals surface area contributed by atoms with Gasteiger partial charge in [0.1, 0.15) is 6.67 Å². The minimum Gasteiger partial charge on any atom is -0.384 e. The zero-order valence-corrected chi connectivity index (χ0v) is 12.5. The minimum absolute atomic E-state index is 0.357. The molecular formula is C14H24FNO2S. The highest BCUT2D eigenvalue weighted by Gasteiger charge is 2.21. The van der Waals surface area contributed by atoms with Crippen LogP contribution in [0, 0.1) is 0 Å². The topological polar surface area (TPSA) is 44.5 Å². The average molecular weight is 289 g/mol. The molecule has 3 unspecified atom stereocenters. The Morgan fingerprint density at radius 2 is 2.32 bits per heavy atom. The highest BCUT2D eigenvalue weighted by molar-refractivity contribution is 8.00.